The number of rotatable bonds is 3. The Labute approximate surface area is 98.8 Å². The molecule has 2 rings (SSSR count). The molecule has 1 aromatic heterocycles. The molecule has 1 atom stereocenters. The highest BCUT2D eigenvalue weighted by atomic mass is 79.9. The van der Waals surface area contributed by atoms with Crippen molar-refractivity contribution < 1.29 is 19.4 Å². The second-order valence-electron chi connectivity index (χ2n) is 3.21. The standard InChI is InChI=1S/C10H8BrNO4/c11-4-8-12-6-2-1-5(3-7(6)16-8)9(13)10(14)15/h1-3,9,13H,4H2,(H,14,15). The first-order valence-corrected chi connectivity index (χ1v) is 5.60. The maximum atomic E-state index is 10.6. The predicted molar refractivity (Wildman–Crippen MR) is 59.2 cm³/mol. The van der Waals surface area contributed by atoms with E-state index < -0.39 is 12.1 Å². The zero-order chi connectivity index (χ0) is 11.7. The van der Waals surface area contributed by atoms with E-state index in [0.29, 0.717) is 22.3 Å². The fraction of sp³-hybridized carbons (Fsp3) is 0.200. The third-order valence-corrected chi connectivity index (χ3v) is 2.60. The minimum absolute atomic E-state index is 0.275. The van der Waals surface area contributed by atoms with Crippen LogP contribution in [0.5, 0.6) is 0 Å². The molecular weight excluding hydrogens is 278 g/mol. The largest absolute Gasteiger partial charge is 0.479 e. The van der Waals surface area contributed by atoms with E-state index in [0.717, 1.165) is 0 Å². The van der Waals surface area contributed by atoms with Crippen LogP contribution in [0.4, 0.5) is 0 Å². The molecule has 0 aliphatic heterocycles. The van der Waals surface area contributed by atoms with Crippen molar-refractivity contribution in [1.82, 2.24) is 4.98 Å². The second-order valence-corrected chi connectivity index (χ2v) is 3.77. The van der Waals surface area contributed by atoms with Crippen LogP contribution in [-0.4, -0.2) is 21.2 Å². The summed E-state index contributed by atoms with van der Waals surface area (Å²) in [6.45, 7) is 0. The first-order valence-electron chi connectivity index (χ1n) is 4.48. The number of alkyl halides is 1. The molecule has 2 N–H and O–H groups in total. The highest BCUT2D eigenvalue weighted by molar-refractivity contribution is 9.08. The first-order chi connectivity index (χ1) is 7.61. The topological polar surface area (TPSA) is 83.6 Å². The minimum atomic E-state index is -1.54. The minimum Gasteiger partial charge on any atom is -0.479 e. The maximum absolute atomic E-state index is 10.6. The van der Waals surface area contributed by atoms with Crippen molar-refractivity contribution in [3.8, 4) is 0 Å². The van der Waals surface area contributed by atoms with Crippen LogP contribution in [0.2, 0.25) is 0 Å². The number of fused-ring (bicyclic) bond motifs is 1. The molecule has 0 amide bonds. The van der Waals surface area contributed by atoms with E-state index in [9.17, 15) is 9.90 Å². The van der Waals surface area contributed by atoms with Gasteiger partial charge in [0.2, 0.25) is 5.89 Å². The maximum Gasteiger partial charge on any atom is 0.337 e. The zero-order valence-corrected chi connectivity index (χ0v) is 9.64. The third kappa shape index (κ3) is 1.94. The number of carboxylic acid groups (broad SMARTS) is 1. The summed E-state index contributed by atoms with van der Waals surface area (Å²) in [6, 6.07) is 4.61. The number of aliphatic carboxylic acids is 1. The predicted octanol–water partition coefficient (Wildman–Crippen LogP) is 1.84. The van der Waals surface area contributed by atoms with Crippen LogP contribution in [0.3, 0.4) is 0 Å². The van der Waals surface area contributed by atoms with Crippen molar-refractivity contribution >= 4 is 33.0 Å². The van der Waals surface area contributed by atoms with Crippen molar-refractivity contribution in [2.24, 2.45) is 0 Å². The summed E-state index contributed by atoms with van der Waals surface area (Å²) in [4.78, 5) is 14.7. The highest BCUT2D eigenvalue weighted by Crippen LogP contribution is 2.22. The van der Waals surface area contributed by atoms with Crippen LogP contribution in [0.1, 0.15) is 17.6 Å². The summed E-state index contributed by atoms with van der Waals surface area (Å²) in [7, 11) is 0. The van der Waals surface area contributed by atoms with E-state index in [2.05, 4.69) is 20.9 Å². The molecule has 0 saturated heterocycles. The van der Waals surface area contributed by atoms with Crippen molar-refractivity contribution in [1.29, 1.82) is 0 Å². The summed E-state index contributed by atoms with van der Waals surface area (Å²) < 4.78 is 5.33. The highest BCUT2D eigenvalue weighted by Gasteiger charge is 2.17. The Morgan fingerprint density at radius 1 is 1.56 bits per heavy atom. The average Bonchev–Trinajstić information content (AvgIpc) is 2.69. The Morgan fingerprint density at radius 3 is 2.94 bits per heavy atom. The van der Waals surface area contributed by atoms with Gasteiger partial charge in [-0.1, -0.05) is 22.0 Å². The molecule has 16 heavy (non-hydrogen) atoms. The number of aromatic nitrogens is 1. The van der Waals surface area contributed by atoms with Crippen molar-refractivity contribution in [3.63, 3.8) is 0 Å². The number of hydrogen-bond acceptors (Lipinski definition) is 4. The van der Waals surface area contributed by atoms with E-state index >= 15 is 0 Å². The molecule has 0 saturated carbocycles. The van der Waals surface area contributed by atoms with Gasteiger partial charge in [-0.05, 0) is 17.7 Å². The Balaban J connectivity index is 2.46. The van der Waals surface area contributed by atoms with Gasteiger partial charge in [0.1, 0.15) is 5.52 Å². The third-order valence-electron chi connectivity index (χ3n) is 2.12. The van der Waals surface area contributed by atoms with E-state index in [4.69, 9.17) is 9.52 Å². The second kappa shape index (κ2) is 4.23. The van der Waals surface area contributed by atoms with Gasteiger partial charge >= 0.3 is 5.97 Å². The summed E-state index contributed by atoms with van der Waals surface area (Å²) >= 11 is 3.21. The Kier molecular flexibility index (Phi) is 2.93. The lowest BCUT2D eigenvalue weighted by atomic mass is 10.1. The Morgan fingerprint density at radius 2 is 2.31 bits per heavy atom. The van der Waals surface area contributed by atoms with Gasteiger partial charge in [0.25, 0.3) is 0 Å². The number of aliphatic hydroxyl groups excluding tert-OH is 1. The number of hydrogen-bond donors (Lipinski definition) is 2. The van der Waals surface area contributed by atoms with Gasteiger partial charge in [0.05, 0.1) is 5.33 Å². The van der Waals surface area contributed by atoms with E-state index in [1.165, 1.54) is 12.1 Å². The Hall–Kier alpha value is -1.40. The number of carbonyl (C=O) groups is 1. The van der Waals surface area contributed by atoms with Gasteiger partial charge in [-0.25, -0.2) is 9.78 Å². The number of oxazole rings is 1. The molecule has 0 fully saturated rings. The fourth-order valence-corrected chi connectivity index (χ4v) is 1.60. The average molecular weight is 286 g/mol. The van der Waals surface area contributed by atoms with Gasteiger partial charge in [-0.15, -0.1) is 0 Å². The van der Waals surface area contributed by atoms with Crippen LogP contribution in [-0.2, 0) is 10.1 Å². The van der Waals surface area contributed by atoms with Crippen LogP contribution >= 0.6 is 15.9 Å². The van der Waals surface area contributed by atoms with E-state index in [-0.39, 0.29) is 5.56 Å². The molecular formula is C10H8BrNO4. The smallest absolute Gasteiger partial charge is 0.337 e. The molecule has 0 aliphatic rings. The van der Waals surface area contributed by atoms with E-state index in [1.54, 1.807) is 6.07 Å². The number of aliphatic hydroxyl groups is 1. The molecule has 0 spiro atoms. The normalized spacial score (nSPS) is 12.9. The van der Waals surface area contributed by atoms with Gasteiger partial charge in [-0.3, -0.25) is 0 Å². The number of benzene rings is 1. The van der Waals surface area contributed by atoms with Crippen molar-refractivity contribution in [2.45, 2.75) is 11.4 Å². The summed E-state index contributed by atoms with van der Waals surface area (Å²) in [5.41, 5.74) is 1.38. The molecule has 0 radical (unpaired) electrons. The Bertz CT molecular complexity index is 537. The monoisotopic (exact) mass is 285 g/mol. The SMILES string of the molecule is O=C(O)C(O)c1ccc2nc(CBr)oc2c1. The van der Waals surface area contributed by atoms with Crippen molar-refractivity contribution in [3.05, 3.63) is 29.7 Å². The molecule has 1 heterocycles. The summed E-state index contributed by atoms with van der Waals surface area (Å²) in [5.74, 6) is -0.781. The molecule has 6 heteroatoms. The van der Waals surface area contributed by atoms with Crippen LogP contribution in [0.15, 0.2) is 22.6 Å². The lowest BCUT2D eigenvalue weighted by molar-refractivity contribution is -0.146. The molecule has 1 aromatic carbocycles. The van der Waals surface area contributed by atoms with E-state index in [1.807, 2.05) is 0 Å². The summed E-state index contributed by atoms with van der Waals surface area (Å²) in [6.07, 6.45) is -1.54. The molecule has 0 aliphatic carbocycles. The number of nitrogens with zero attached hydrogens (tertiary/aromatic N) is 1. The number of carboxylic acids is 1. The van der Waals surface area contributed by atoms with Gasteiger partial charge in [-0.2, -0.15) is 0 Å². The molecule has 1 unspecified atom stereocenters. The quantitative estimate of drug-likeness (QED) is 0.841. The van der Waals surface area contributed by atoms with Crippen LogP contribution in [0.25, 0.3) is 11.1 Å². The fourth-order valence-electron chi connectivity index (χ4n) is 1.36. The van der Waals surface area contributed by atoms with Gasteiger partial charge in [0.15, 0.2) is 11.7 Å². The first kappa shape index (κ1) is 11.1. The van der Waals surface area contributed by atoms with Gasteiger partial charge < -0.3 is 14.6 Å². The molecule has 2 aromatic rings. The molecule has 84 valence electrons. The zero-order valence-electron chi connectivity index (χ0n) is 8.05. The molecule has 5 nitrogen and oxygen atoms in total. The van der Waals surface area contributed by atoms with Crippen LogP contribution < -0.4 is 0 Å². The number of halogens is 1. The summed E-state index contributed by atoms with van der Waals surface area (Å²) in [5, 5.41) is 18.5. The lowest BCUT2D eigenvalue weighted by Gasteiger charge is -2.03. The molecule has 0 bridgehead atoms. The van der Waals surface area contributed by atoms with Crippen molar-refractivity contribution in [2.75, 3.05) is 0 Å². The van der Waals surface area contributed by atoms with Crippen LogP contribution in [0, 0.1) is 0 Å². The van der Waals surface area contributed by atoms with Gasteiger partial charge in [0, 0.05) is 0 Å². The lowest BCUT2D eigenvalue weighted by Crippen LogP contribution is -2.09.